The number of hydrogen-bond acceptors (Lipinski definition) is 1. The van der Waals surface area contributed by atoms with Crippen molar-refractivity contribution in [2.45, 2.75) is 27.2 Å². The molecular weight excluding hydrogens is 379 g/mol. The van der Waals surface area contributed by atoms with Crippen LogP contribution in [-0.2, 0) is 21.1 Å². The van der Waals surface area contributed by atoms with Gasteiger partial charge in [-0.3, -0.25) is 5.32 Å². The molecule has 0 fully saturated rings. The molecule has 1 aliphatic rings. The van der Waals surface area contributed by atoms with Crippen LogP contribution in [0.15, 0.2) is 12.1 Å². The fraction of sp³-hybridized carbons (Fsp3) is 0.462. The normalized spacial score (nSPS) is 14.8. The first-order valence-electron chi connectivity index (χ1n) is 5.59. The summed E-state index contributed by atoms with van der Waals surface area (Å²) in [6, 6.07) is 4.51. The van der Waals surface area contributed by atoms with Crippen LogP contribution in [0.4, 0.5) is 5.69 Å². The van der Waals surface area contributed by atoms with Crippen molar-refractivity contribution in [2.75, 3.05) is 13.1 Å². The average Bonchev–Trinajstić information content (AvgIpc) is 2.17. The molecule has 90 valence electrons. The Labute approximate surface area is 112 Å². The predicted octanol–water partition coefficient (Wildman–Crippen LogP) is 2.27. The quantitative estimate of drug-likeness (QED) is 0.718. The minimum absolute atomic E-state index is 0. The molecule has 2 nitrogen and oxygen atoms in total. The summed E-state index contributed by atoms with van der Waals surface area (Å²) in [7, 11) is 0. The van der Waals surface area contributed by atoms with E-state index in [4.69, 9.17) is 0 Å². The Morgan fingerprint density at radius 2 is 1.75 bits per heavy atom. The number of nitrogens with zero attached hydrogens (tertiary/aromatic N) is 1. The number of rotatable bonds is 1. The van der Waals surface area contributed by atoms with Gasteiger partial charge in [0, 0.05) is 27.5 Å². The maximum Gasteiger partial charge on any atom is 0.237 e. The molecule has 1 heterocycles. The maximum absolute atomic E-state index is 3.30. The number of hydrogen-bond donors (Lipinski definition) is 1. The summed E-state index contributed by atoms with van der Waals surface area (Å²) in [5.74, 6) is 0. The summed E-state index contributed by atoms with van der Waals surface area (Å²) in [5, 5.41) is 3.30. The summed E-state index contributed by atoms with van der Waals surface area (Å²) < 4.78 is 2.33. The van der Waals surface area contributed by atoms with Crippen molar-refractivity contribution in [3.8, 4) is 0 Å². The van der Waals surface area contributed by atoms with E-state index in [-0.39, 0.29) is 21.1 Å². The van der Waals surface area contributed by atoms with E-state index < -0.39 is 0 Å². The first-order valence-corrected chi connectivity index (χ1v) is 5.59. The molecule has 1 aliphatic heterocycles. The van der Waals surface area contributed by atoms with Gasteiger partial charge in [-0.05, 0) is 31.9 Å². The van der Waals surface area contributed by atoms with E-state index in [1.165, 1.54) is 28.8 Å². The van der Waals surface area contributed by atoms with E-state index in [9.17, 15) is 0 Å². The molecule has 0 amide bonds. The second-order valence-electron chi connectivity index (χ2n) is 4.38. The van der Waals surface area contributed by atoms with Crippen molar-refractivity contribution >= 4 is 12.0 Å². The van der Waals surface area contributed by atoms with Gasteiger partial charge in [0.05, 0.1) is 13.1 Å². The van der Waals surface area contributed by atoms with Crippen LogP contribution < -0.4 is 5.32 Å². The summed E-state index contributed by atoms with van der Waals surface area (Å²) in [6.07, 6.45) is 3.32. The van der Waals surface area contributed by atoms with Gasteiger partial charge >= 0.3 is 0 Å². The molecule has 0 spiro atoms. The second-order valence-corrected chi connectivity index (χ2v) is 4.38. The van der Waals surface area contributed by atoms with E-state index >= 15 is 0 Å². The molecule has 0 unspecified atom stereocenters. The van der Waals surface area contributed by atoms with Crippen LogP contribution in [0.1, 0.15) is 23.1 Å². The Kier molecular flexibility index (Phi) is 4.73. The van der Waals surface area contributed by atoms with E-state index in [0.717, 1.165) is 13.1 Å². The van der Waals surface area contributed by atoms with Crippen molar-refractivity contribution < 1.29 is 25.6 Å². The van der Waals surface area contributed by atoms with E-state index in [1.807, 2.05) is 0 Å². The third-order valence-electron chi connectivity index (χ3n) is 2.89. The molecule has 0 aromatic heterocycles. The smallest absolute Gasteiger partial charge is 0.237 e. The summed E-state index contributed by atoms with van der Waals surface area (Å²) in [6.45, 7) is 8.76. The van der Waals surface area contributed by atoms with Crippen LogP contribution in [0.2, 0.25) is 0 Å². The number of benzene rings is 1. The van der Waals surface area contributed by atoms with Gasteiger partial charge in [0.1, 0.15) is 5.69 Å². The molecule has 16 heavy (non-hydrogen) atoms. The van der Waals surface area contributed by atoms with Crippen LogP contribution in [0.5, 0.6) is 0 Å². The first-order chi connectivity index (χ1) is 7.18. The van der Waals surface area contributed by atoms with Gasteiger partial charge in [0.15, 0.2) is 0 Å². The standard InChI is InChI=1S/C13H18N2.Pt/c1-10-7-11(2)13(12(3)8-10)15-6-4-5-14-9-15;/h7-9H,4-6H2,1-3H3;/p+1. The fourth-order valence-electron chi connectivity index (χ4n) is 2.39. The molecule has 1 N–H and O–H groups in total. The zero-order valence-electron chi connectivity index (χ0n) is 10.1. The third kappa shape index (κ3) is 2.73. The van der Waals surface area contributed by atoms with Gasteiger partial charge in [-0.1, -0.05) is 17.7 Å². The van der Waals surface area contributed by atoms with Crippen LogP contribution in [0, 0.1) is 20.8 Å². The van der Waals surface area contributed by atoms with Crippen molar-refractivity contribution in [2.24, 2.45) is 0 Å². The minimum atomic E-state index is 0. The zero-order chi connectivity index (χ0) is 10.8. The monoisotopic (exact) mass is 398 g/mol. The van der Waals surface area contributed by atoms with Crippen LogP contribution in [-0.4, -0.2) is 24.0 Å². The van der Waals surface area contributed by atoms with Crippen LogP contribution in [0.3, 0.4) is 0 Å². The van der Waals surface area contributed by atoms with Crippen molar-refractivity contribution in [1.29, 1.82) is 0 Å². The van der Waals surface area contributed by atoms with E-state index in [2.05, 4.69) is 49.1 Å². The van der Waals surface area contributed by atoms with E-state index in [1.54, 1.807) is 0 Å². The first kappa shape index (κ1) is 13.4. The van der Waals surface area contributed by atoms with Gasteiger partial charge < -0.3 is 0 Å². The molecule has 2 rings (SSSR count). The molecule has 1 aromatic carbocycles. The molecule has 0 bridgehead atoms. The molecule has 0 saturated heterocycles. The Hall–Kier alpha value is -0.622. The van der Waals surface area contributed by atoms with Crippen LogP contribution >= 0.6 is 0 Å². The molecule has 3 heteroatoms. The topological polar surface area (TPSA) is 15.0 Å². The van der Waals surface area contributed by atoms with E-state index in [0.29, 0.717) is 0 Å². The maximum atomic E-state index is 3.30. The van der Waals surface area contributed by atoms with Gasteiger partial charge in [0.25, 0.3) is 0 Å². The summed E-state index contributed by atoms with van der Waals surface area (Å²) >= 11 is 0. The average molecular weight is 398 g/mol. The number of nitrogens with one attached hydrogen (secondary N) is 1. The second kappa shape index (κ2) is 5.63. The third-order valence-corrected chi connectivity index (χ3v) is 2.89. The molecule has 1 aromatic rings. The molecule has 0 radical (unpaired) electrons. The Balaban J connectivity index is 0.00000128. The largest absolute Gasteiger partial charge is 0.281 e. The molecular formula is C13H19N2Pt+. The predicted molar refractivity (Wildman–Crippen MR) is 64.1 cm³/mol. The van der Waals surface area contributed by atoms with Gasteiger partial charge in [-0.15, -0.1) is 0 Å². The van der Waals surface area contributed by atoms with Crippen molar-refractivity contribution in [3.63, 3.8) is 0 Å². The fourth-order valence-corrected chi connectivity index (χ4v) is 2.39. The zero-order valence-corrected chi connectivity index (χ0v) is 12.4. The summed E-state index contributed by atoms with van der Waals surface area (Å²) in [5.41, 5.74) is 5.45. The Morgan fingerprint density at radius 3 is 2.25 bits per heavy atom. The van der Waals surface area contributed by atoms with Crippen LogP contribution in [0.25, 0.3) is 0 Å². The van der Waals surface area contributed by atoms with Gasteiger partial charge in [-0.25, -0.2) is 4.58 Å². The molecule has 0 saturated carbocycles. The summed E-state index contributed by atoms with van der Waals surface area (Å²) in [4.78, 5) is 0. The van der Waals surface area contributed by atoms with Crippen molar-refractivity contribution in [3.05, 3.63) is 28.8 Å². The molecule has 0 atom stereocenters. The molecule has 0 aliphatic carbocycles. The Morgan fingerprint density at radius 1 is 1.12 bits per heavy atom. The van der Waals surface area contributed by atoms with Crippen molar-refractivity contribution in [1.82, 2.24) is 5.32 Å². The Bertz CT molecular complexity index is 387. The number of aryl methyl sites for hydroxylation is 3. The van der Waals surface area contributed by atoms with Gasteiger partial charge in [0.2, 0.25) is 6.34 Å². The minimum Gasteiger partial charge on any atom is -0.281 e. The van der Waals surface area contributed by atoms with Gasteiger partial charge in [-0.2, -0.15) is 0 Å². The SMILES string of the molecule is Cc1cc(C)c([N+]2=CNCCC2)c(C)c1.[Pt].